The van der Waals surface area contributed by atoms with E-state index in [1.807, 2.05) is 0 Å². The molecule has 3 rings (SSSR count). The third-order valence-electron chi connectivity index (χ3n) is 4.64. The van der Waals surface area contributed by atoms with Gasteiger partial charge < -0.3 is 9.73 Å². The maximum Gasteiger partial charge on any atom is 0.437 e. The van der Waals surface area contributed by atoms with Gasteiger partial charge in [-0.1, -0.05) is 25.0 Å². The maximum absolute atomic E-state index is 13.2. The molecule has 0 spiro atoms. The van der Waals surface area contributed by atoms with Crippen molar-refractivity contribution in [2.45, 2.75) is 44.6 Å². The van der Waals surface area contributed by atoms with E-state index in [9.17, 15) is 14.0 Å². The van der Waals surface area contributed by atoms with E-state index in [0.29, 0.717) is 6.54 Å². The van der Waals surface area contributed by atoms with Crippen molar-refractivity contribution >= 4 is 5.91 Å². The van der Waals surface area contributed by atoms with Crippen molar-refractivity contribution in [3.05, 3.63) is 52.1 Å². The summed E-state index contributed by atoms with van der Waals surface area (Å²) >= 11 is 0. The molecule has 0 saturated heterocycles. The van der Waals surface area contributed by atoms with Crippen molar-refractivity contribution < 1.29 is 13.6 Å². The number of aryl methyl sites for hydroxylation is 1. The van der Waals surface area contributed by atoms with Gasteiger partial charge >= 0.3 is 5.76 Å². The SMILES string of the molecule is Cc1nn(CC(=O)NCC2(c3ccc(F)cc3)CCCC2)c(=O)o1. The Balaban J connectivity index is 1.68. The second-order valence-corrected chi connectivity index (χ2v) is 6.32. The Labute approximate surface area is 138 Å². The third-order valence-corrected chi connectivity index (χ3v) is 4.64. The number of amides is 1. The number of hydrogen-bond donors (Lipinski definition) is 1. The largest absolute Gasteiger partial charge is 0.437 e. The molecule has 1 aromatic heterocycles. The zero-order valence-corrected chi connectivity index (χ0v) is 13.5. The minimum Gasteiger partial charge on any atom is -0.393 e. The fourth-order valence-corrected chi connectivity index (χ4v) is 3.39. The van der Waals surface area contributed by atoms with Crippen molar-refractivity contribution in [2.75, 3.05) is 6.54 Å². The topological polar surface area (TPSA) is 77.1 Å². The molecule has 1 fully saturated rings. The average molecular weight is 333 g/mol. The minimum absolute atomic E-state index is 0.171. The molecule has 0 unspecified atom stereocenters. The van der Waals surface area contributed by atoms with Crippen molar-refractivity contribution in [3.8, 4) is 0 Å². The first-order valence-corrected chi connectivity index (χ1v) is 8.06. The molecule has 1 aliphatic rings. The lowest BCUT2D eigenvalue weighted by atomic mass is 9.79. The van der Waals surface area contributed by atoms with Crippen LogP contribution < -0.4 is 11.1 Å². The highest BCUT2D eigenvalue weighted by Gasteiger charge is 2.35. The van der Waals surface area contributed by atoms with Crippen LogP contribution in [-0.4, -0.2) is 22.2 Å². The maximum atomic E-state index is 13.2. The summed E-state index contributed by atoms with van der Waals surface area (Å²) in [6, 6.07) is 6.49. The molecule has 1 heterocycles. The van der Waals surface area contributed by atoms with E-state index in [1.165, 1.54) is 12.1 Å². The van der Waals surface area contributed by atoms with E-state index < -0.39 is 5.76 Å². The zero-order valence-electron chi connectivity index (χ0n) is 13.5. The van der Waals surface area contributed by atoms with Gasteiger partial charge in [0.15, 0.2) is 0 Å². The van der Waals surface area contributed by atoms with E-state index in [0.717, 1.165) is 35.9 Å². The standard InChI is InChI=1S/C17H20FN3O3/c1-12-20-21(16(23)24-12)10-15(22)19-11-17(8-2-3-9-17)13-4-6-14(18)7-5-13/h4-7H,2-3,8-11H2,1H3,(H,19,22). The van der Waals surface area contributed by atoms with Crippen molar-refractivity contribution in [1.82, 2.24) is 15.1 Å². The smallest absolute Gasteiger partial charge is 0.393 e. The summed E-state index contributed by atoms with van der Waals surface area (Å²) in [4.78, 5) is 23.6. The quantitative estimate of drug-likeness (QED) is 0.907. The number of carbonyl (C=O) groups is 1. The van der Waals surface area contributed by atoms with Crippen molar-refractivity contribution in [2.24, 2.45) is 0 Å². The molecular weight excluding hydrogens is 313 g/mol. The van der Waals surface area contributed by atoms with Gasteiger partial charge in [-0.2, -0.15) is 4.68 Å². The van der Waals surface area contributed by atoms with Crippen LogP contribution in [0.1, 0.15) is 37.1 Å². The molecule has 0 radical (unpaired) electrons. The summed E-state index contributed by atoms with van der Waals surface area (Å²) in [5.74, 6) is -0.973. The Bertz CT molecular complexity index is 773. The zero-order chi connectivity index (χ0) is 17.2. The van der Waals surface area contributed by atoms with E-state index in [1.54, 1.807) is 19.1 Å². The van der Waals surface area contributed by atoms with Crippen molar-refractivity contribution in [3.63, 3.8) is 0 Å². The molecular formula is C17H20FN3O3. The van der Waals surface area contributed by atoms with E-state index in [4.69, 9.17) is 4.42 Å². The number of aromatic nitrogens is 2. The third kappa shape index (κ3) is 3.39. The highest BCUT2D eigenvalue weighted by atomic mass is 19.1. The Morgan fingerprint density at radius 2 is 2.00 bits per heavy atom. The molecule has 1 aromatic carbocycles. The first-order valence-electron chi connectivity index (χ1n) is 8.06. The molecule has 0 bridgehead atoms. The van der Waals surface area contributed by atoms with Crippen LogP contribution in [0.5, 0.6) is 0 Å². The number of carbonyl (C=O) groups excluding carboxylic acids is 1. The van der Waals surface area contributed by atoms with Gasteiger partial charge in [-0.05, 0) is 30.5 Å². The van der Waals surface area contributed by atoms with Gasteiger partial charge in [-0.15, -0.1) is 5.10 Å². The normalized spacial score (nSPS) is 16.2. The summed E-state index contributed by atoms with van der Waals surface area (Å²) in [5, 5.41) is 6.74. The van der Waals surface area contributed by atoms with Gasteiger partial charge in [-0.3, -0.25) is 4.79 Å². The lowest BCUT2D eigenvalue weighted by molar-refractivity contribution is -0.122. The van der Waals surface area contributed by atoms with Crippen LogP contribution in [0, 0.1) is 12.7 Å². The highest BCUT2D eigenvalue weighted by Crippen LogP contribution is 2.40. The van der Waals surface area contributed by atoms with Crippen LogP contribution >= 0.6 is 0 Å². The van der Waals surface area contributed by atoms with E-state index >= 15 is 0 Å². The fraction of sp³-hybridized carbons (Fsp3) is 0.471. The molecule has 0 atom stereocenters. The van der Waals surface area contributed by atoms with Crippen LogP contribution in [0.3, 0.4) is 0 Å². The molecule has 1 N–H and O–H groups in total. The van der Waals surface area contributed by atoms with E-state index in [-0.39, 0.29) is 29.6 Å². The Morgan fingerprint density at radius 3 is 2.58 bits per heavy atom. The summed E-state index contributed by atoms with van der Waals surface area (Å²) in [6.45, 7) is 1.84. The summed E-state index contributed by atoms with van der Waals surface area (Å²) in [6.07, 6.45) is 4.05. The lowest BCUT2D eigenvalue weighted by Gasteiger charge is -2.30. The number of benzene rings is 1. The molecule has 7 heteroatoms. The van der Waals surface area contributed by atoms with Gasteiger partial charge in [-0.25, -0.2) is 9.18 Å². The predicted octanol–water partition coefficient (Wildman–Crippen LogP) is 1.91. The van der Waals surface area contributed by atoms with Gasteiger partial charge in [0.1, 0.15) is 12.4 Å². The average Bonchev–Trinajstić information content (AvgIpc) is 3.14. The Kier molecular flexibility index (Phi) is 4.51. The van der Waals surface area contributed by atoms with Gasteiger partial charge in [0.05, 0.1) is 0 Å². The van der Waals surface area contributed by atoms with Crippen LogP contribution in [0.25, 0.3) is 0 Å². The number of halogens is 1. The number of hydrogen-bond acceptors (Lipinski definition) is 4. The van der Waals surface area contributed by atoms with Crippen molar-refractivity contribution in [1.29, 1.82) is 0 Å². The second-order valence-electron chi connectivity index (χ2n) is 6.32. The van der Waals surface area contributed by atoms with Crippen LogP contribution in [0.2, 0.25) is 0 Å². The van der Waals surface area contributed by atoms with Gasteiger partial charge in [0.2, 0.25) is 11.8 Å². The van der Waals surface area contributed by atoms with Crippen LogP contribution in [0.15, 0.2) is 33.5 Å². The molecule has 24 heavy (non-hydrogen) atoms. The van der Waals surface area contributed by atoms with Crippen LogP contribution in [-0.2, 0) is 16.8 Å². The Morgan fingerprint density at radius 1 is 1.33 bits per heavy atom. The Hall–Kier alpha value is -2.44. The highest BCUT2D eigenvalue weighted by molar-refractivity contribution is 5.75. The molecule has 128 valence electrons. The molecule has 0 aliphatic heterocycles. The van der Waals surface area contributed by atoms with E-state index in [2.05, 4.69) is 10.4 Å². The summed E-state index contributed by atoms with van der Waals surface area (Å²) in [5.41, 5.74) is 0.866. The molecule has 1 aliphatic carbocycles. The number of rotatable bonds is 5. The molecule has 1 saturated carbocycles. The number of nitrogens with zero attached hydrogens (tertiary/aromatic N) is 2. The number of nitrogens with one attached hydrogen (secondary N) is 1. The summed E-state index contributed by atoms with van der Waals surface area (Å²) < 4.78 is 19.0. The molecule has 6 nitrogen and oxygen atoms in total. The monoisotopic (exact) mass is 333 g/mol. The minimum atomic E-state index is -0.642. The van der Waals surface area contributed by atoms with Gasteiger partial charge in [0.25, 0.3) is 0 Å². The summed E-state index contributed by atoms with van der Waals surface area (Å²) in [7, 11) is 0. The lowest BCUT2D eigenvalue weighted by Crippen LogP contribution is -2.41. The second kappa shape index (κ2) is 6.59. The van der Waals surface area contributed by atoms with Gasteiger partial charge in [0, 0.05) is 18.9 Å². The fourth-order valence-electron chi connectivity index (χ4n) is 3.39. The van der Waals surface area contributed by atoms with Crippen LogP contribution in [0.4, 0.5) is 4.39 Å². The molecule has 1 amide bonds. The first-order chi connectivity index (χ1) is 11.5. The first kappa shape index (κ1) is 16.4. The molecule has 2 aromatic rings. The predicted molar refractivity (Wildman–Crippen MR) is 85.1 cm³/mol.